The van der Waals surface area contributed by atoms with E-state index in [0.717, 1.165) is 6.42 Å². The average Bonchev–Trinajstić information content (AvgIpc) is 2.77. The molecule has 6 nitrogen and oxygen atoms in total. The van der Waals surface area contributed by atoms with E-state index < -0.39 is 11.5 Å². The summed E-state index contributed by atoms with van der Waals surface area (Å²) >= 11 is 0. The molecule has 3 rings (SSSR count). The normalized spacial score (nSPS) is 17.5. The summed E-state index contributed by atoms with van der Waals surface area (Å²) in [6, 6.07) is 17.6. The van der Waals surface area contributed by atoms with Gasteiger partial charge >= 0.3 is 0 Å². The van der Waals surface area contributed by atoms with Crippen molar-refractivity contribution in [1.29, 1.82) is 0 Å². The number of anilines is 1. The van der Waals surface area contributed by atoms with Gasteiger partial charge in [0.2, 0.25) is 11.8 Å². The summed E-state index contributed by atoms with van der Waals surface area (Å²) in [5, 5.41) is 5.81. The Kier molecular flexibility index (Phi) is 7.10. The van der Waals surface area contributed by atoms with Crippen LogP contribution in [-0.2, 0) is 14.4 Å². The van der Waals surface area contributed by atoms with Crippen LogP contribution in [0.15, 0.2) is 60.7 Å². The number of likely N-dealkylation sites (tertiary alicyclic amines) is 1. The minimum absolute atomic E-state index is 0.0476. The van der Waals surface area contributed by atoms with Crippen LogP contribution in [-0.4, -0.2) is 35.7 Å². The van der Waals surface area contributed by atoms with Gasteiger partial charge in [-0.15, -0.1) is 0 Å². The second-order valence-electron chi connectivity index (χ2n) is 9.05. The quantitative estimate of drug-likeness (QED) is 0.771. The van der Waals surface area contributed by atoms with Crippen LogP contribution in [0.25, 0.3) is 0 Å². The fraction of sp³-hybridized carbons (Fsp3) is 0.400. The molecule has 1 heterocycles. The van der Waals surface area contributed by atoms with Gasteiger partial charge in [0.1, 0.15) is 6.04 Å². The van der Waals surface area contributed by atoms with E-state index in [4.69, 9.17) is 0 Å². The molecule has 0 aliphatic carbocycles. The van der Waals surface area contributed by atoms with Gasteiger partial charge < -0.3 is 15.5 Å². The van der Waals surface area contributed by atoms with Crippen LogP contribution in [0.5, 0.6) is 0 Å². The third kappa shape index (κ3) is 5.94. The molecular weight excluding hydrogens is 390 g/mol. The number of piperidine rings is 1. The lowest BCUT2D eigenvalue weighted by atomic mass is 9.90. The van der Waals surface area contributed by atoms with E-state index in [-0.39, 0.29) is 23.6 Å². The van der Waals surface area contributed by atoms with E-state index in [0.29, 0.717) is 30.8 Å². The number of para-hydroxylation sites is 1. The molecule has 0 aromatic heterocycles. The highest BCUT2D eigenvalue weighted by molar-refractivity contribution is 5.98. The fourth-order valence-electron chi connectivity index (χ4n) is 3.79. The Bertz CT molecular complexity index is 907. The van der Waals surface area contributed by atoms with Crippen molar-refractivity contribution in [3.8, 4) is 0 Å². The summed E-state index contributed by atoms with van der Waals surface area (Å²) in [6.07, 6.45) is 1.47. The van der Waals surface area contributed by atoms with Gasteiger partial charge in [0.15, 0.2) is 0 Å². The molecule has 1 saturated heterocycles. The number of carbonyl (C=O) groups is 3. The van der Waals surface area contributed by atoms with Crippen molar-refractivity contribution in [2.45, 2.75) is 39.7 Å². The van der Waals surface area contributed by atoms with Crippen molar-refractivity contribution in [3.05, 3.63) is 66.2 Å². The number of hydrogen-bond donors (Lipinski definition) is 2. The predicted molar refractivity (Wildman–Crippen MR) is 121 cm³/mol. The molecule has 1 aliphatic rings. The molecule has 0 bridgehead atoms. The van der Waals surface area contributed by atoms with Gasteiger partial charge in [0, 0.05) is 24.2 Å². The van der Waals surface area contributed by atoms with Crippen molar-refractivity contribution in [2.24, 2.45) is 11.3 Å². The van der Waals surface area contributed by atoms with Gasteiger partial charge in [-0.05, 0) is 30.5 Å². The second-order valence-corrected chi connectivity index (χ2v) is 9.05. The Morgan fingerprint density at radius 1 is 0.968 bits per heavy atom. The Hall–Kier alpha value is -3.15. The van der Waals surface area contributed by atoms with Crippen molar-refractivity contribution in [3.63, 3.8) is 0 Å². The highest BCUT2D eigenvalue weighted by atomic mass is 16.2. The zero-order valence-corrected chi connectivity index (χ0v) is 18.4. The van der Waals surface area contributed by atoms with Gasteiger partial charge in [-0.1, -0.05) is 69.3 Å². The van der Waals surface area contributed by atoms with Crippen molar-refractivity contribution in [2.75, 3.05) is 18.4 Å². The first-order chi connectivity index (χ1) is 14.8. The van der Waals surface area contributed by atoms with Crippen LogP contribution in [0.4, 0.5) is 5.69 Å². The van der Waals surface area contributed by atoms with Crippen LogP contribution < -0.4 is 10.6 Å². The van der Waals surface area contributed by atoms with E-state index in [1.807, 2.05) is 69.3 Å². The Balaban J connectivity index is 1.74. The minimum Gasteiger partial charge on any atom is -0.341 e. The maximum Gasteiger partial charge on any atom is 0.251 e. The number of hydrogen-bond acceptors (Lipinski definition) is 3. The zero-order valence-electron chi connectivity index (χ0n) is 18.4. The predicted octanol–water partition coefficient (Wildman–Crippen LogP) is 3.77. The number of benzene rings is 2. The van der Waals surface area contributed by atoms with E-state index in [1.165, 1.54) is 0 Å². The molecule has 2 atom stereocenters. The molecule has 1 fully saturated rings. The fourth-order valence-corrected chi connectivity index (χ4v) is 3.79. The second kappa shape index (κ2) is 9.77. The Labute approximate surface area is 184 Å². The number of rotatable bonds is 5. The third-order valence-corrected chi connectivity index (χ3v) is 5.44. The first kappa shape index (κ1) is 22.5. The van der Waals surface area contributed by atoms with Crippen LogP contribution in [0, 0.1) is 11.3 Å². The van der Waals surface area contributed by atoms with Crippen LogP contribution in [0.3, 0.4) is 0 Å². The van der Waals surface area contributed by atoms with Crippen molar-refractivity contribution in [1.82, 2.24) is 10.2 Å². The molecule has 2 unspecified atom stereocenters. The lowest BCUT2D eigenvalue weighted by molar-refractivity contribution is -0.143. The average molecular weight is 422 g/mol. The van der Waals surface area contributed by atoms with Gasteiger partial charge in [-0.25, -0.2) is 0 Å². The standard InChI is InChI=1S/C25H31N3O3/c1-25(2,3)24(31)28-16-10-13-19(17-28)22(29)27-21(18-11-6-4-7-12-18)23(30)26-20-14-8-5-9-15-20/h4-9,11-12,14-15,19,21H,10,13,16-17H2,1-3H3,(H,26,30)(H,27,29). The van der Waals surface area contributed by atoms with Crippen molar-refractivity contribution >= 4 is 23.4 Å². The highest BCUT2D eigenvalue weighted by Gasteiger charge is 2.34. The first-order valence-electron chi connectivity index (χ1n) is 10.8. The van der Waals surface area contributed by atoms with Crippen LogP contribution >= 0.6 is 0 Å². The minimum atomic E-state index is -0.817. The number of amides is 3. The van der Waals surface area contributed by atoms with Crippen LogP contribution in [0.1, 0.15) is 45.2 Å². The highest BCUT2D eigenvalue weighted by Crippen LogP contribution is 2.25. The zero-order chi connectivity index (χ0) is 22.4. The summed E-state index contributed by atoms with van der Waals surface area (Å²) in [5.74, 6) is -0.796. The molecular formula is C25H31N3O3. The monoisotopic (exact) mass is 421 g/mol. The molecule has 0 saturated carbocycles. The molecule has 6 heteroatoms. The molecule has 2 aromatic carbocycles. The summed E-state index contributed by atoms with van der Waals surface area (Å²) in [5.41, 5.74) is 0.894. The number of nitrogens with one attached hydrogen (secondary N) is 2. The lowest BCUT2D eigenvalue weighted by Crippen LogP contribution is -2.50. The summed E-state index contributed by atoms with van der Waals surface area (Å²) < 4.78 is 0. The molecule has 0 spiro atoms. The van der Waals surface area contributed by atoms with Crippen molar-refractivity contribution < 1.29 is 14.4 Å². The molecule has 0 radical (unpaired) electrons. The molecule has 3 amide bonds. The van der Waals surface area contributed by atoms with E-state index in [9.17, 15) is 14.4 Å². The van der Waals surface area contributed by atoms with E-state index in [1.54, 1.807) is 17.0 Å². The van der Waals surface area contributed by atoms with Gasteiger partial charge in [-0.2, -0.15) is 0 Å². The van der Waals surface area contributed by atoms with E-state index >= 15 is 0 Å². The molecule has 2 aromatic rings. The molecule has 1 aliphatic heterocycles. The van der Waals surface area contributed by atoms with Crippen LogP contribution in [0.2, 0.25) is 0 Å². The maximum atomic E-state index is 13.1. The summed E-state index contributed by atoms with van der Waals surface area (Å²) in [7, 11) is 0. The Morgan fingerprint density at radius 3 is 2.19 bits per heavy atom. The summed E-state index contributed by atoms with van der Waals surface area (Å²) in [6.45, 7) is 6.70. The number of carbonyl (C=O) groups excluding carboxylic acids is 3. The largest absolute Gasteiger partial charge is 0.341 e. The maximum absolute atomic E-state index is 13.1. The third-order valence-electron chi connectivity index (χ3n) is 5.44. The van der Waals surface area contributed by atoms with Gasteiger partial charge in [0.05, 0.1) is 5.92 Å². The smallest absolute Gasteiger partial charge is 0.251 e. The lowest BCUT2D eigenvalue weighted by Gasteiger charge is -2.36. The molecule has 31 heavy (non-hydrogen) atoms. The first-order valence-corrected chi connectivity index (χ1v) is 10.8. The van der Waals surface area contributed by atoms with E-state index in [2.05, 4.69) is 10.6 Å². The molecule has 164 valence electrons. The van der Waals surface area contributed by atoms with Gasteiger partial charge in [0.25, 0.3) is 5.91 Å². The topological polar surface area (TPSA) is 78.5 Å². The Morgan fingerprint density at radius 2 is 1.58 bits per heavy atom. The summed E-state index contributed by atoms with van der Waals surface area (Å²) in [4.78, 5) is 40.6. The molecule has 2 N–H and O–H groups in total. The number of nitrogens with zero attached hydrogens (tertiary/aromatic N) is 1. The SMILES string of the molecule is CC(C)(C)C(=O)N1CCCC(C(=O)NC(C(=O)Nc2ccccc2)c2ccccc2)C1. The van der Waals surface area contributed by atoms with Gasteiger partial charge in [-0.3, -0.25) is 14.4 Å².